The fourth-order valence-corrected chi connectivity index (χ4v) is 4.57. The predicted octanol–water partition coefficient (Wildman–Crippen LogP) is 1.30. The Morgan fingerprint density at radius 1 is 1.02 bits per heavy atom. The molecule has 3 rings (SSSR count). The number of nitrogens with one attached hydrogen (secondary N) is 4. The van der Waals surface area contributed by atoms with Crippen LogP contribution in [-0.4, -0.2) is 101 Å². The molecule has 54 heavy (non-hydrogen) atoms. The zero-order valence-electron chi connectivity index (χ0n) is 30.2. The molecule has 2 aromatic heterocycles. The molecule has 0 aliphatic carbocycles. The molecule has 0 aliphatic heterocycles. The molecule has 6 N–H and O–H groups in total. The van der Waals surface area contributed by atoms with Crippen LogP contribution in [0.15, 0.2) is 35.3 Å². The molecule has 3 aromatic rings. The quantitative estimate of drug-likeness (QED) is 0.0697. The first kappa shape index (κ1) is 42.9. The van der Waals surface area contributed by atoms with Crippen molar-refractivity contribution in [3.63, 3.8) is 0 Å². The minimum Gasteiger partial charge on any atom is -0.467 e. The number of carbonyl (C=O) groups is 5. The van der Waals surface area contributed by atoms with Gasteiger partial charge in [0.05, 0.1) is 38.8 Å². The largest absolute Gasteiger partial charge is 0.471 e. The van der Waals surface area contributed by atoms with Crippen molar-refractivity contribution in [2.75, 3.05) is 43.6 Å². The lowest BCUT2D eigenvalue weighted by molar-refractivity contribution is -0.210. The van der Waals surface area contributed by atoms with Gasteiger partial charge < -0.3 is 30.6 Å². The zero-order chi connectivity index (χ0) is 40.2. The Morgan fingerprint density at radius 2 is 1.69 bits per heavy atom. The van der Waals surface area contributed by atoms with Gasteiger partial charge in [-0.3, -0.25) is 39.2 Å². The molecule has 0 saturated heterocycles. The van der Waals surface area contributed by atoms with Gasteiger partial charge in [0.25, 0.3) is 11.5 Å². The number of amides is 4. The topological polar surface area (TPSA) is 250 Å². The molecule has 0 spiro atoms. The number of anilines is 2. The molecule has 21 heteroatoms. The van der Waals surface area contributed by atoms with E-state index in [4.69, 9.17) is 19.9 Å². The van der Waals surface area contributed by atoms with Gasteiger partial charge in [-0.05, 0) is 44.5 Å². The number of hydrogen-bond acceptors (Lipinski definition) is 13. The maximum absolute atomic E-state index is 13.7. The molecule has 18 nitrogen and oxygen atoms in total. The van der Waals surface area contributed by atoms with Crippen LogP contribution in [0.5, 0.6) is 0 Å². The number of rotatable bonds is 18. The number of methoxy groups -OCH3 is 1. The highest BCUT2D eigenvalue weighted by atomic mass is 19.4. The van der Waals surface area contributed by atoms with E-state index in [1.165, 1.54) is 0 Å². The average Bonchev–Trinajstić information content (AvgIpc) is 3.12. The van der Waals surface area contributed by atoms with Crippen LogP contribution in [0, 0.1) is 5.92 Å². The maximum Gasteiger partial charge on any atom is 0.471 e. The van der Waals surface area contributed by atoms with E-state index in [0.29, 0.717) is 11.4 Å². The summed E-state index contributed by atoms with van der Waals surface area (Å²) in [6.45, 7) is 6.68. The SMILES string of the molecule is COC(=O)[C@@H](CCC(=O)NCCOC(C)(C)OCCN)NC(=O)c1ccc(N(Cc2cnc3nc(NC(=O)C(C)C)[nH]c(=O)c3n2)C(=O)C(F)(F)F)cc1. The summed E-state index contributed by atoms with van der Waals surface area (Å²) in [4.78, 5) is 89.7. The number of alkyl halides is 3. The third-order valence-corrected chi connectivity index (χ3v) is 7.38. The first-order chi connectivity index (χ1) is 25.3. The number of halogens is 3. The number of aromatic nitrogens is 4. The van der Waals surface area contributed by atoms with Crippen LogP contribution in [0.2, 0.25) is 0 Å². The van der Waals surface area contributed by atoms with E-state index in [-0.39, 0.29) is 66.7 Å². The number of nitrogens with zero attached hydrogens (tertiary/aromatic N) is 4. The zero-order valence-corrected chi connectivity index (χ0v) is 30.2. The Morgan fingerprint density at radius 3 is 2.30 bits per heavy atom. The number of nitrogens with two attached hydrogens (primary N) is 1. The second kappa shape index (κ2) is 19.0. The summed E-state index contributed by atoms with van der Waals surface area (Å²) >= 11 is 0. The van der Waals surface area contributed by atoms with Crippen molar-refractivity contribution in [3.05, 3.63) is 52.1 Å². The van der Waals surface area contributed by atoms with Crippen LogP contribution in [-0.2, 0) is 39.9 Å². The summed E-state index contributed by atoms with van der Waals surface area (Å²) in [6, 6.07) is 3.11. The Labute approximate surface area is 306 Å². The molecule has 0 bridgehead atoms. The van der Waals surface area contributed by atoms with Gasteiger partial charge in [-0.25, -0.2) is 14.8 Å². The van der Waals surface area contributed by atoms with Crippen LogP contribution >= 0.6 is 0 Å². The summed E-state index contributed by atoms with van der Waals surface area (Å²) in [7, 11) is 1.09. The molecule has 0 fully saturated rings. The third-order valence-electron chi connectivity index (χ3n) is 7.38. The lowest BCUT2D eigenvalue weighted by Gasteiger charge is -2.25. The Bertz CT molecular complexity index is 1870. The van der Waals surface area contributed by atoms with Crippen molar-refractivity contribution in [2.45, 2.75) is 65.1 Å². The van der Waals surface area contributed by atoms with Gasteiger partial charge in [-0.15, -0.1) is 0 Å². The van der Waals surface area contributed by atoms with Crippen molar-refractivity contribution >= 4 is 52.4 Å². The molecular formula is C33H42F3N9O9. The molecule has 2 heterocycles. The van der Waals surface area contributed by atoms with Gasteiger partial charge in [-0.2, -0.15) is 18.2 Å². The first-order valence-electron chi connectivity index (χ1n) is 16.5. The minimum absolute atomic E-state index is 0.100. The summed E-state index contributed by atoms with van der Waals surface area (Å²) in [5, 5.41) is 7.46. The van der Waals surface area contributed by atoms with Crippen LogP contribution in [0.25, 0.3) is 11.2 Å². The Hall–Kier alpha value is -5.54. The van der Waals surface area contributed by atoms with Gasteiger partial charge >= 0.3 is 18.1 Å². The summed E-state index contributed by atoms with van der Waals surface area (Å²) in [5.41, 5.74) is 3.38. The van der Waals surface area contributed by atoms with Crippen LogP contribution in [0.3, 0.4) is 0 Å². The van der Waals surface area contributed by atoms with Gasteiger partial charge in [0, 0.05) is 36.7 Å². The average molecular weight is 766 g/mol. The fourth-order valence-electron chi connectivity index (χ4n) is 4.57. The normalized spacial score (nSPS) is 12.3. The van der Waals surface area contributed by atoms with Crippen molar-refractivity contribution < 1.29 is 51.4 Å². The number of ether oxygens (including phenoxy) is 3. The molecule has 4 amide bonds. The van der Waals surface area contributed by atoms with E-state index in [1.807, 2.05) is 0 Å². The van der Waals surface area contributed by atoms with Gasteiger partial charge in [0.15, 0.2) is 17.0 Å². The van der Waals surface area contributed by atoms with Crippen LogP contribution < -0.4 is 32.1 Å². The number of H-pyrrole nitrogens is 1. The Kier molecular flexibility index (Phi) is 15.1. The highest BCUT2D eigenvalue weighted by Gasteiger charge is 2.43. The van der Waals surface area contributed by atoms with Crippen molar-refractivity contribution in [2.24, 2.45) is 11.7 Å². The Balaban J connectivity index is 1.71. The van der Waals surface area contributed by atoms with E-state index in [9.17, 15) is 41.9 Å². The van der Waals surface area contributed by atoms with E-state index >= 15 is 0 Å². The molecule has 1 atom stereocenters. The van der Waals surface area contributed by atoms with E-state index in [0.717, 1.165) is 37.6 Å². The van der Waals surface area contributed by atoms with Gasteiger partial charge in [0.1, 0.15) is 6.04 Å². The standard InChI is InChI=1S/C33H42F3N9O9/c1-18(2)26(47)43-31-42-25-24(28(49)44-31)40-20(16-39-25)17-45(30(51)33(34,35)36)21-8-6-19(7-9-21)27(48)41-22(29(50)52-5)10-11-23(46)38-13-15-54-32(3,4)53-14-12-37/h6-9,16,18,22H,10-15,17,37H2,1-5H3,(H,38,46)(H,41,48)(H2,39,42,43,44,47,49)/t22-/m1/s1. The van der Waals surface area contributed by atoms with Crippen molar-refractivity contribution in [1.29, 1.82) is 0 Å². The first-order valence-corrected chi connectivity index (χ1v) is 16.5. The number of hydrogen-bond donors (Lipinski definition) is 5. The summed E-state index contributed by atoms with van der Waals surface area (Å²) in [6.07, 6.45) is -4.65. The monoisotopic (exact) mass is 765 g/mol. The number of esters is 1. The molecule has 294 valence electrons. The number of benzene rings is 1. The van der Waals surface area contributed by atoms with E-state index < -0.39 is 65.6 Å². The van der Waals surface area contributed by atoms with Crippen LogP contribution in [0.1, 0.15) is 56.6 Å². The second-order valence-corrected chi connectivity index (χ2v) is 12.4. The lowest BCUT2D eigenvalue weighted by Crippen LogP contribution is -2.42. The summed E-state index contributed by atoms with van der Waals surface area (Å²) in [5.74, 6) is -6.39. The number of fused-ring (bicyclic) bond motifs is 1. The number of aromatic amines is 1. The smallest absolute Gasteiger partial charge is 0.467 e. The maximum atomic E-state index is 13.7. The van der Waals surface area contributed by atoms with E-state index in [2.05, 4.69) is 35.9 Å². The van der Waals surface area contributed by atoms with Crippen molar-refractivity contribution in [1.82, 2.24) is 30.6 Å². The van der Waals surface area contributed by atoms with E-state index in [1.54, 1.807) is 27.7 Å². The third kappa shape index (κ3) is 12.6. The molecule has 0 radical (unpaired) electrons. The highest BCUT2D eigenvalue weighted by Crippen LogP contribution is 2.26. The van der Waals surface area contributed by atoms with Gasteiger partial charge in [-0.1, -0.05) is 13.8 Å². The molecule has 0 unspecified atom stereocenters. The molecule has 1 aromatic carbocycles. The highest BCUT2D eigenvalue weighted by molar-refractivity contribution is 5.99. The van der Waals surface area contributed by atoms with Crippen LogP contribution in [0.4, 0.5) is 24.8 Å². The second-order valence-electron chi connectivity index (χ2n) is 12.4. The molecule has 0 saturated carbocycles. The number of carbonyl (C=O) groups excluding carboxylic acids is 5. The molecular weight excluding hydrogens is 723 g/mol. The minimum atomic E-state index is -5.33. The fraction of sp³-hybridized carbons (Fsp3) is 0.485. The lowest BCUT2D eigenvalue weighted by atomic mass is 10.1. The predicted molar refractivity (Wildman–Crippen MR) is 186 cm³/mol. The summed E-state index contributed by atoms with van der Waals surface area (Å²) < 4.78 is 56.8. The van der Waals surface area contributed by atoms with Crippen molar-refractivity contribution in [3.8, 4) is 0 Å². The van der Waals surface area contributed by atoms with Gasteiger partial charge in [0.2, 0.25) is 17.8 Å². The molecule has 0 aliphatic rings.